The SMILES string of the molecule is CC1=C(C(=O)Nc2ccccc2)C(c2cccnc2)n2nc(-c3ccc(C)c(C)c3)nc2N1. The van der Waals surface area contributed by atoms with Crippen LogP contribution in [0, 0.1) is 13.8 Å². The smallest absolute Gasteiger partial charge is 0.255 e. The Morgan fingerprint density at radius 1 is 1.00 bits per heavy atom. The Balaban J connectivity index is 1.59. The number of allylic oxidation sites excluding steroid dienone is 1. The molecule has 0 bridgehead atoms. The van der Waals surface area contributed by atoms with E-state index in [1.165, 1.54) is 11.1 Å². The molecule has 0 spiro atoms. The fourth-order valence-electron chi connectivity index (χ4n) is 4.01. The second-order valence-corrected chi connectivity index (χ2v) is 8.18. The number of aromatic nitrogens is 4. The first-order valence-electron chi connectivity index (χ1n) is 10.8. The lowest BCUT2D eigenvalue weighted by Crippen LogP contribution is -2.31. The van der Waals surface area contributed by atoms with Gasteiger partial charge in [0.1, 0.15) is 6.04 Å². The number of carbonyl (C=O) groups is 1. The maximum absolute atomic E-state index is 13.4. The first-order chi connectivity index (χ1) is 16.0. The lowest BCUT2D eigenvalue weighted by atomic mass is 9.96. The number of anilines is 2. The molecular formula is C26H24N6O. The largest absolute Gasteiger partial charge is 0.328 e. The van der Waals surface area contributed by atoms with Crippen LogP contribution in [0.1, 0.15) is 29.7 Å². The maximum Gasteiger partial charge on any atom is 0.255 e. The van der Waals surface area contributed by atoms with E-state index < -0.39 is 6.04 Å². The normalized spacial score (nSPS) is 15.1. The predicted octanol–water partition coefficient (Wildman–Crippen LogP) is 4.88. The third-order valence-electron chi connectivity index (χ3n) is 5.89. The molecule has 7 heteroatoms. The van der Waals surface area contributed by atoms with Gasteiger partial charge in [-0.15, -0.1) is 5.10 Å². The summed E-state index contributed by atoms with van der Waals surface area (Å²) in [6.07, 6.45) is 3.48. The van der Waals surface area contributed by atoms with Gasteiger partial charge in [-0.3, -0.25) is 9.78 Å². The quantitative estimate of drug-likeness (QED) is 0.476. The molecule has 1 amide bonds. The second kappa shape index (κ2) is 8.35. The number of carbonyl (C=O) groups excluding carboxylic acids is 1. The summed E-state index contributed by atoms with van der Waals surface area (Å²) < 4.78 is 1.77. The number of aryl methyl sites for hydroxylation is 2. The second-order valence-electron chi connectivity index (χ2n) is 8.18. The molecular weight excluding hydrogens is 412 g/mol. The number of amides is 1. The zero-order valence-electron chi connectivity index (χ0n) is 18.7. The number of hydrogen-bond acceptors (Lipinski definition) is 5. The van der Waals surface area contributed by atoms with Crippen LogP contribution < -0.4 is 10.6 Å². The van der Waals surface area contributed by atoms with Gasteiger partial charge in [0.25, 0.3) is 5.91 Å². The van der Waals surface area contributed by atoms with Crippen LogP contribution in [0.15, 0.2) is 84.3 Å². The summed E-state index contributed by atoms with van der Waals surface area (Å²) in [6, 6.07) is 18.9. The number of nitrogens with one attached hydrogen (secondary N) is 2. The van der Waals surface area contributed by atoms with Crippen LogP contribution >= 0.6 is 0 Å². The van der Waals surface area contributed by atoms with E-state index in [9.17, 15) is 4.79 Å². The molecule has 0 aliphatic carbocycles. The van der Waals surface area contributed by atoms with Crippen molar-refractivity contribution in [2.75, 3.05) is 10.6 Å². The van der Waals surface area contributed by atoms with Crippen molar-refractivity contribution in [3.63, 3.8) is 0 Å². The molecule has 1 aliphatic rings. The molecule has 2 aromatic heterocycles. The molecule has 1 unspecified atom stereocenters. The van der Waals surface area contributed by atoms with Crippen LogP contribution in [0.2, 0.25) is 0 Å². The molecule has 7 nitrogen and oxygen atoms in total. The highest BCUT2D eigenvalue weighted by atomic mass is 16.1. The molecule has 33 heavy (non-hydrogen) atoms. The van der Waals surface area contributed by atoms with Crippen LogP contribution in [0.25, 0.3) is 11.4 Å². The molecule has 2 aromatic carbocycles. The molecule has 1 aliphatic heterocycles. The monoisotopic (exact) mass is 436 g/mol. The summed E-state index contributed by atoms with van der Waals surface area (Å²) in [5.74, 6) is 0.992. The molecule has 0 radical (unpaired) electrons. The van der Waals surface area contributed by atoms with Crippen molar-refractivity contribution in [3.8, 4) is 11.4 Å². The molecule has 3 heterocycles. The fraction of sp³-hybridized carbons (Fsp3) is 0.154. The summed E-state index contributed by atoms with van der Waals surface area (Å²) in [5.41, 5.74) is 6.20. The van der Waals surface area contributed by atoms with Gasteiger partial charge in [0, 0.05) is 29.3 Å². The highest BCUT2D eigenvalue weighted by molar-refractivity contribution is 6.06. The van der Waals surface area contributed by atoms with Crippen molar-refractivity contribution in [2.45, 2.75) is 26.8 Å². The number of nitrogens with zero attached hydrogens (tertiary/aromatic N) is 4. The van der Waals surface area contributed by atoms with E-state index in [1.807, 2.05) is 55.5 Å². The Labute approximate surface area is 192 Å². The van der Waals surface area contributed by atoms with Crippen molar-refractivity contribution in [1.82, 2.24) is 19.7 Å². The number of benzene rings is 2. The van der Waals surface area contributed by atoms with Crippen molar-refractivity contribution >= 4 is 17.5 Å². The number of pyridine rings is 1. The standard InChI is InChI=1S/C26H24N6O/c1-16-11-12-19(14-17(16)2)24-30-26-28-18(3)22(25(33)29-21-9-5-4-6-10-21)23(32(26)31-24)20-8-7-13-27-15-20/h4-15,23H,1-3H3,(H,29,33)(H,28,30,31). The highest BCUT2D eigenvalue weighted by Crippen LogP contribution is 2.36. The minimum absolute atomic E-state index is 0.200. The van der Waals surface area contributed by atoms with Crippen LogP contribution in [0.4, 0.5) is 11.6 Å². The van der Waals surface area contributed by atoms with Gasteiger partial charge < -0.3 is 10.6 Å². The predicted molar refractivity (Wildman–Crippen MR) is 129 cm³/mol. The topological polar surface area (TPSA) is 84.7 Å². The Morgan fingerprint density at radius 3 is 2.55 bits per heavy atom. The Morgan fingerprint density at radius 2 is 1.82 bits per heavy atom. The van der Waals surface area contributed by atoms with E-state index in [-0.39, 0.29) is 5.91 Å². The van der Waals surface area contributed by atoms with Crippen molar-refractivity contribution in [3.05, 3.63) is 101 Å². The van der Waals surface area contributed by atoms with E-state index in [0.717, 1.165) is 22.5 Å². The first-order valence-corrected chi connectivity index (χ1v) is 10.8. The number of fused-ring (bicyclic) bond motifs is 1. The highest BCUT2D eigenvalue weighted by Gasteiger charge is 2.34. The molecule has 0 saturated carbocycles. The summed E-state index contributed by atoms with van der Waals surface area (Å²) in [5, 5.41) is 11.1. The molecule has 4 aromatic rings. The van der Waals surface area contributed by atoms with Gasteiger partial charge >= 0.3 is 0 Å². The van der Waals surface area contributed by atoms with Gasteiger partial charge in [-0.1, -0.05) is 36.4 Å². The average Bonchev–Trinajstić information content (AvgIpc) is 3.24. The first kappa shape index (κ1) is 20.6. The van der Waals surface area contributed by atoms with E-state index in [4.69, 9.17) is 10.1 Å². The Hall–Kier alpha value is -4.26. The molecule has 5 rings (SSSR count). The van der Waals surface area contributed by atoms with Crippen LogP contribution in [0.5, 0.6) is 0 Å². The van der Waals surface area contributed by atoms with E-state index in [0.29, 0.717) is 17.3 Å². The zero-order valence-corrected chi connectivity index (χ0v) is 18.7. The number of para-hydroxylation sites is 1. The fourth-order valence-corrected chi connectivity index (χ4v) is 4.01. The van der Waals surface area contributed by atoms with E-state index in [1.54, 1.807) is 17.1 Å². The lowest BCUT2D eigenvalue weighted by Gasteiger charge is -2.28. The van der Waals surface area contributed by atoms with Gasteiger partial charge in [-0.25, -0.2) is 4.68 Å². The Bertz CT molecular complexity index is 1360. The molecule has 0 fully saturated rings. The molecule has 1 atom stereocenters. The molecule has 2 N–H and O–H groups in total. The average molecular weight is 437 g/mol. The van der Waals surface area contributed by atoms with Gasteiger partial charge in [0.05, 0.1) is 5.57 Å². The molecule has 0 saturated heterocycles. The minimum Gasteiger partial charge on any atom is -0.328 e. The van der Waals surface area contributed by atoms with E-state index >= 15 is 0 Å². The summed E-state index contributed by atoms with van der Waals surface area (Å²) >= 11 is 0. The van der Waals surface area contributed by atoms with Gasteiger partial charge in [-0.2, -0.15) is 4.98 Å². The summed E-state index contributed by atoms with van der Waals surface area (Å²) in [6.45, 7) is 6.04. The maximum atomic E-state index is 13.4. The van der Waals surface area contributed by atoms with Gasteiger partial charge in [0.2, 0.25) is 5.95 Å². The van der Waals surface area contributed by atoms with Crippen molar-refractivity contribution in [1.29, 1.82) is 0 Å². The third-order valence-corrected chi connectivity index (χ3v) is 5.89. The van der Waals surface area contributed by atoms with Crippen LogP contribution in [-0.2, 0) is 4.79 Å². The minimum atomic E-state index is -0.466. The number of rotatable bonds is 4. The van der Waals surface area contributed by atoms with Gasteiger partial charge in [0.15, 0.2) is 5.82 Å². The zero-order chi connectivity index (χ0) is 22.9. The number of hydrogen-bond donors (Lipinski definition) is 2. The lowest BCUT2D eigenvalue weighted by molar-refractivity contribution is -0.113. The van der Waals surface area contributed by atoms with Crippen molar-refractivity contribution < 1.29 is 4.79 Å². The summed E-state index contributed by atoms with van der Waals surface area (Å²) in [4.78, 5) is 22.5. The third kappa shape index (κ3) is 3.89. The Kier molecular flexibility index (Phi) is 5.22. The summed E-state index contributed by atoms with van der Waals surface area (Å²) in [7, 11) is 0. The van der Waals surface area contributed by atoms with Gasteiger partial charge in [-0.05, 0) is 61.7 Å². The molecule has 164 valence electrons. The van der Waals surface area contributed by atoms with E-state index in [2.05, 4.69) is 41.6 Å². The van der Waals surface area contributed by atoms with Crippen molar-refractivity contribution in [2.24, 2.45) is 0 Å². The van der Waals surface area contributed by atoms with Crippen LogP contribution in [-0.4, -0.2) is 25.7 Å². The van der Waals surface area contributed by atoms with Crippen LogP contribution in [0.3, 0.4) is 0 Å².